The summed E-state index contributed by atoms with van der Waals surface area (Å²) < 4.78 is 1.49. The van der Waals surface area contributed by atoms with E-state index in [1.165, 1.54) is 16.7 Å². The van der Waals surface area contributed by atoms with E-state index in [2.05, 4.69) is 4.98 Å². The highest BCUT2D eigenvalue weighted by molar-refractivity contribution is 6.06. The zero-order valence-electron chi connectivity index (χ0n) is 15.9. The number of benzene rings is 1. The molecule has 30 heavy (non-hydrogen) atoms. The van der Waals surface area contributed by atoms with Crippen molar-refractivity contribution in [3.8, 4) is 0 Å². The summed E-state index contributed by atoms with van der Waals surface area (Å²) in [7, 11) is 0. The molecule has 0 unspecified atom stereocenters. The predicted molar refractivity (Wildman–Crippen MR) is 109 cm³/mol. The number of pyridine rings is 2. The van der Waals surface area contributed by atoms with Gasteiger partial charge in [-0.3, -0.25) is 24.5 Å². The number of nitrogens with one attached hydrogen (secondary N) is 1. The minimum absolute atomic E-state index is 0.0214. The minimum atomic E-state index is -0.659. The van der Waals surface area contributed by atoms with Gasteiger partial charge in [-0.25, -0.2) is 0 Å². The van der Waals surface area contributed by atoms with Gasteiger partial charge in [0, 0.05) is 54.3 Å². The molecule has 4 heterocycles. The lowest BCUT2D eigenvalue weighted by atomic mass is 9.83. The molecule has 0 radical (unpaired) electrons. The highest BCUT2D eigenvalue weighted by Crippen LogP contribution is 2.36. The molecule has 2 aliphatic heterocycles. The Bertz CT molecular complexity index is 1320. The van der Waals surface area contributed by atoms with Gasteiger partial charge in [-0.15, -0.1) is 0 Å². The SMILES string of the molecule is O=C(c1cc(=O)[nH]c2ccccc12)N1C[C@H]2C[C@@H](C1)c1ccc([N+](=O)[O-])c(=O)n1C2. The van der Waals surface area contributed by atoms with Crippen LogP contribution in [-0.4, -0.2) is 38.4 Å². The molecule has 9 nitrogen and oxygen atoms in total. The van der Waals surface area contributed by atoms with Crippen molar-refractivity contribution in [3.63, 3.8) is 0 Å². The molecule has 152 valence electrons. The lowest BCUT2D eigenvalue weighted by molar-refractivity contribution is -0.386. The van der Waals surface area contributed by atoms with Gasteiger partial charge in [-0.1, -0.05) is 18.2 Å². The molecule has 1 aromatic carbocycles. The van der Waals surface area contributed by atoms with Crippen molar-refractivity contribution in [3.05, 3.63) is 84.5 Å². The molecule has 1 saturated heterocycles. The Morgan fingerprint density at radius 2 is 1.90 bits per heavy atom. The number of aromatic nitrogens is 2. The van der Waals surface area contributed by atoms with Gasteiger partial charge >= 0.3 is 11.2 Å². The fourth-order valence-corrected chi connectivity index (χ4v) is 4.79. The van der Waals surface area contributed by atoms with E-state index in [-0.39, 0.29) is 23.3 Å². The van der Waals surface area contributed by atoms with Gasteiger partial charge in [-0.05, 0) is 24.5 Å². The molecule has 2 atom stereocenters. The third-order valence-corrected chi connectivity index (χ3v) is 6.05. The van der Waals surface area contributed by atoms with Crippen LogP contribution in [0.5, 0.6) is 0 Å². The molecule has 1 N–H and O–H groups in total. The number of carbonyl (C=O) groups excluding carboxylic acids is 1. The van der Waals surface area contributed by atoms with Crippen molar-refractivity contribution in [1.29, 1.82) is 0 Å². The topological polar surface area (TPSA) is 118 Å². The molecule has 0 saturated carbocycles. The number of likely N-dealkylation sites (tertiary alicyclic amines) is 1. The first-order valence-corrected chi connectivity index (χ1v) is 9.72. The van der Waals surface area contributed by atoms with Gasteiger partial charge in [-0.2, -0.15) is 0 Å². The summed E-state index contributed by atoms with van der Waals surface area (Å²) in [6, 6.07) is 11.4. The molecule has 1 amide bonds. The van der Waals surface area contributed by atoms with E-state index in [1.807, 2.05) is 6.07 Å². The molecule has 2 aliphatic rings. The smallest absolute Gasteiger partial charge is 0.334 e. The number of fused-ring (bicyclic) bond motifs is 5. The van der Waals surface area contributed by atoms with Crippen molar-refractivity contribution in [1.82, 2.24) is 14.5 Å². The fraction of sp³-hybridized carbons (Fsp3) is 0.286. The van der Waals surface area contributed by atoms with Gasteiger partial charge in [0.15, 0.2) is 0 Å². The molecular formula is C21H18N4O5. The number of rotatable bonds is 2. The molecule has 1 fully saturated rings. The Labute approximate surface area is 169 Å². The van der Waals surface area contributed by atoms with Gasteiger partial charge < -0.3 is 14.5 Å². The number of hydrogen-bond acceptors (Lipinski definition) is 5. The second-order valence-corrected chi connectivity index (χ2v) is 7.92. The van der Waals surface area contributed by atoms with Gasteiger partial charge in [0.05, 0.1) is 10.5 Å². The average Bonchev–Trinajstić information content (AvgIpc) is 2.73. The van der Waals surface area contributed by atoms with Crippen LogP contribution in [-0.2, 0) is 6.54 Å². The van der Waals surface area contributed by atoms with E-state index in [1.54, 1.807) is 29.2 Å². The van der Waals surface area contributed by atoms with Crippen molar-refractivity contribution in [2.45, 2.75) is 18.9 Å². The molecule has 0 spiro atoms. The van der Waals surface area contributed by atoms with E-state index in [9.17, 15) is 24.5 Å². The average molecular weight is 406 g/mol. The summed E-state index contributed by atoms with van der Waals surface area (Å²) in [5.41, 5.74) is 0.327. The number of H-pyrrole nitrogens is 1. The Hall–Kier alpha value is -3.75. The lowest BCUT2D eigenvalue weighted by Gasteiger charge is -2.42. The second-order valence-electron chi connectivity index (χ2n) is 7.92. The summed E-state index contributed by atoms with van der Waals surface area (Å²) >= 11 is 0. The van der Waals surface area contributed by atoms with E-state index >= 15 is 0 Å². The summed E-state index contributed by atoms with van der Waals surface area (Å²) in [6.07, 6.45) is 0.817. The fourth-order valence-electron chi connectivity index (χ4n) is 4.79. The van der Waals surface area contributed by atoms with Gasteiger partial charge in [0.25, 0.3) is 5.91 Å². The summed E-state index contributed by atoms with van der Waals surface area (Å²) in [5.74, 6) is -0.277. The molecule has 3 aromatic rings. The minimum Gasteiger partial charge on any atom is -0.338 e. The summed E-state index contributed by atoms with van der Waals surface area (Å²) in [5, 5.41) is 11.8. The number of nitrogens with zero attached hydrogens (tertiary/aromatic N) is 3. The first kappa shape index (κ1) is 18.3. The van der Waals surface area contributed by atoms with E-state index < -0.39 is 16.2 Å². The quantitative estimate of drug-likeness (QED) is 0.515. The maximum atomic E-state index is 13.3. The number of nitro groups is 1. The lowest BCUT2D eigenvalue weighted by Crippen LogP contribution is -2.49. The third-order valence-electron chi connectivity index (χ3n) is 6.05. The van der Waals surface area contributed by atoms with Crippen LogP contribution >= 0.6 is 0 Å². The maximum Gasteiger partial charge on any atom is 0.334 e. The van der Waals surface area contributed by atoms with Crippen LogP contribution in [0.2, 0.25) is 0 Å². The van der Waals surface area contributed by atoms with Crippen molar-refractivity contribution < 1.29 is 9.72 Å². The first-order valence-electron chi connectivity index (χ1n) is 9.72. The van der Waals surface area contributed by atoms with Crippen LogP contribution in [0.1, 0.15) is 28.4 Å². The largest absolute Gasteiger partial charge is 0.338 e. The molecular weight excluding hydrogens is 388 g/mol. The molecule has 0 aliphatic carbocycles. The molecule has 5 rings (SSSR count). The normalized spacial score (nSPS) is 20.1. The highest BCUT2D eigenvalue weighted by Gasteiger charge is 2.38. The maximum absolute atomic E-state index is 13.3. The van der Waals surface area contributed by atoms with Crippen LogP contribution in [0, 0.1) is 16.0 Å². The standard InChI is InChI=1S/C21H18N4O5/c26-19-8-15(14-3-1-2-4-16(14)22-19)20(27)23-9-12-7-13(11-23)17-5-6-18(25(29)30)21(28)24(17)10-12/h1-6,8,12-13H,7,9-11H2,(H,22,26)/t12-,13+/m1/s1. The number of carbonyl (C=O) groups is 1. The Morgan fingerprint density at radius 1 is 1.10 bits per heavy atom. The van der Waals surface area contributed by atoms with Gasteiger partial charge in [0.2, 0.25) is 5.56 Å². The highest BCUT2D eigenvalue weighted by atomic mass is 16.6. The molecule has 9 heteroatoms. The monoisotopic (exact) mass is 406 g/mol. The van der Waals surface area contributed by atoms with E-state index in [0.29, 0.717) is 36.1 Å². The molecule has 2 aromatic heterocycles. The first-order chi connectivity index (χ1) is 14.4. The third kappa shape index (κ3) is 2.81. The summed E-state index contributed by atoms with van der Waals surface area (Å²) in [4.78, 5) is 52.8. The number of piperidine rings is 1. The predicted octanol–water partition coefficient (Wildman–Crippen LogP) is 1.86. The van der Waals surface area contributed by atoms with Crippen LogP contribution in [0.3, 0.4) is 0 Å². The van der Waals surface area contributed by atoms with E-state index in [4.69, 9.17) is 0 Å². The number of aromatic amines is 1. The van der Waals surface area contributed by atoms with Crippen LogP contribution in [0.4, 0.5) is 5.69 Å². The van der Waals surface area contributed by atoms with Crippen molar-refractivity contribution in [2.75, 3.05) is 13.1 Å². The van der Waals surface area contributed by atoms with Crippen molar-refractivity contribution >= 4 is 22.5 Å². The Kier molecular flexibility index (Phi) is 4.05. The van der Waals surface area contributed by atoms with Crippen molar-refractivity contribution in [2.24, 2.45) is 5.92 Å². The van der Waals surface area contributed by atoms with E-state index in [0.717, 1.165) is 12.1 Å². The molecule has 2 bridgehead atoms. The Balaban J connectivity index is 1.52. The van der Waals surface area contributed by atoms with Gasteiger partial charge in [0.1, 0.15) is 0 Å². The van der Waals surface area contributed by atoms with Crippen LogP contribution in [0.15, 0.2) is 52.1 Å². The summed E-state index contributed by atoms with van der Waals surface area (Å²) in [6.45, 7) is 1.17. The number of amides is 1. The van der Waals surface area contributed by atoms with Crippen LogP contribution < -0.4 is 11.1 Å². The second kappa shape index (κ2) is 6.65. The number of hydrogen-bond donors (Lipinski definition) is 1. The zero-order valence-corrected chi connectivity index (χ0v) is 15.9. The zero-order chi connectivity index (χ0) is 21.0. The van der Waals surface area contributed by atoms with Crippen LogP contribution in [0.25, 0.3) is 10.9 Å². The number of para-hydroxylation sites is 1. The Morgan fingerprint density at radius 3 is 2.70 bits per heavy atom.